The van der Waals surface area contributed by atoms with Gasteiger partial charge in [-0.25, -0.2) is 4.98 Å². The van der Waals surface area contributed by atoms with Gasteiger partial charge in [0.25, 0.3) is 0 Å². The van der Waals surface area contributed by atoms with Gasteiger partial charge in [0, 0.05) is 5.69 Å². The Morgan fingerprint density at radius 3 is 2.85 bits per heavy atom. The van der Waals surface area contributed by atoms with E-state index in [1.54, 1.807) is 6.20 Å². The topological polar surface area (TPSA) is 37.5 Å². The van der Waals surface area contributed by atoms with E-state index in [1.165, 1.54) is 5.56 Å². The van der Waals surface area contributed by atoms with Crippen LogP contribution in [0.4, 0.5) is 0 Å². The fourth-order valence-electron chi connectivity index (χ4n) is 1.66. The summed E-state index contributed by atoms with van der Waals surface area (Å²) >= 11 is 0. The third kappa shape index (κ3) is 1.21. The number of aliphatic hydroxyl groups excluding tert-OH is 1. The minimum Gasteiger partial charge on any atom is -0.390 e. The normalized spacial score (nSPS) is 11.0. The van der Waals surface area contributed by atoms with Crippen molar-refractivity contribution in [2.45, 2.75) is 20.5 Å². The quantitative estimate of drug-likeness (QED) is 0.714. The predicted molar refractivity (Wildman–Crippen MR) is 50.6 cm³/mol. The lowest BCUT2D eigenvalue weighted by Crippen LogP contribution is -1.97. The lowest BCUT2D eigenvalue weighted by molar-refractivity contribution is 0.275. The molecule has 0 atom stereocenters. The monoisotopic (exact) mass is 176 g/mol. The van der Waals surface area contributed by atoms with Gasteiger partial charge in [-0.05, 0) is 31.5 Å². The maximum absolute atomic E-state index is 9.06. The van der Waals surface area contributed by atoms with Gasteiger partial charge in [0.05, 0.1) is 18.5 Å². The molecule has 0 radical (unpaired) electrons. The zero-order valence-electron chi connectivity index (χ0n) is 7.78. The van der Waals surface area contributed by atoms with Crippen molar-refractivity contribution in [3.05, 3.63) is 35.3 Å². The van der Waals surface area contributed by atoms with E-state index in [-0.39, 0.29) is 6.61 Å². The standard InChI is InChI=1S/C10H12N2O/c1-7-3-8(2)12-9(6-13)5-11-10(12)4-7/h3-5,13H,6H2,1-2H3. The van der Waals surface area contributed by atoms with Crippen LogP contribution in [-0.2, 0) is 6.61 Å². The molecule has 0 aliphatic carbocycles. The molecule has 0 amide bonds. The first-order valence-electron chi connectivity index (χ1n) is 4.27. The highest BCUT2D eigenvalue weighted by molar-refractivity contribution is 5.45. The molecule has 13 heavy (non-hydrogen) atoms. The molecule has 0 saturated carbocycles. The zero-order chi connectivity index (χ0) is 9.42. The van der Waals surface area contributed by atoms with Gasteiger partial charge in [-0.3, -0.25) is 4.40 Å². The van der Waals surface area contributed by atoms with Crippen molar-refractivity contribution >= 4 is 5.65 Å². The van der Waals surface area contributed by atoms with Crippen molar-refractivity contribution in [3.8, 4) is 0 Å². The van der Waals surface area contributed by atoms with Crippen LogP contribution in [0.25, 0.3) is 5.65 Å². The third-order valence-electron chi connectivity index (χ3n) is 2.17. The number of hydrogen-bond donors (Lipinski definition) is 1. The van der Waals surface area contributed by atoms with Gasteiger partial charge in [0.1, 0.15) is 5.65 Å². The molecule has 0 bridgehead atoms. The SMILES string of the molecule is Cc1cc(C)n2c(CO)cnc2c1. The maximum atomic E-state index is 9.06. The van der Waals surface area contributed by atoms with E-state index < -0.39 is 0 Å². The van der Waals surface area contributed by atoms with Gasteiger partial charge in [-0.2, -0.15) is 0 Å². The van der Waals surface area contributed by atoms with Crippen LogP contribution in [0.15, 0.2) is 18.3 Å². The molecule has 0 spiro atoms. The molecule has 68 valence electrons. The first kappa shape index (κ1) is 8.26. The molecule has 2 aromatic heterocycles. The lowest BCUT2D eigenvalue weighted by atomic mass is 10.2. The molecule has 2 aromatic rings. The molecular weight excluding hydrogens is 164 g/mol. The van der Waals surface area contributed by atoms with Gasteiger partial charge < -0.3 is 5.11 Å². The molecule has 0 unspecified atom stereocenters. The lowest BCUT2D eigenvalue weighted by Gasteiger charge is -2.04. The van der Waals surface area contributed by atoms with E-state index >= 15 is 0 Å². The number of rotatable bonds is 1. The minimum absolute atomic E-state index is 0.0328. The number of aliphatic hydroxyl groups is 1. The molecule has 3 heteroatoms. The van der Waals surface area contributed by atoms with E-state index in [4.69, 9.17) is 5.11 Å². The van der Waals surface area contributed by atoms with E-state index in [2.05, 4.69) is 11.1 Å². The van der Waals surface area contributed by atoms with Gasteiger partial charge in [-0.1, -0.05) is 0 Å². The Kier molecular flexibility index (Phi) is 1.81. The van der Waals surface area contributed by atoms with Gasteiger partial charge in [0.15, 0.2) is 0 Å². The predicted octanol–water partition coefficient (Wildman–Crippen LogP) is 1.44. The van der Waals surface area contributed by atoms with E-state index in [0.717, 1.165) is 17.0 Å². The summed E-state index contributed by atoms with van der Waals surface area (Å²) in [5.41, 5.74) is 4.05. The van der Waals surface area contributed by atoms with Gasteiger partial charge >= 0.3 is 0 Å². The highest BCUT2D eigenvalue weighted by Gasteiger charge is 2.04. The number of hydrogen-bond acceptors (Lipinski definition) is 2. The first-order chi connectivity index (χ1) is 6.22. The van der Waals surface area contributed by atoms with Crippen LogP contribution < -0.4 is 0 Å². The van der Waals surface area contributed by atoms with Crippen LogP contribution in [0.1, 0.15) is 17.0 Å². The summed E-state index contributed by atoms with van der Waals surface area (Å²) in [6, 6.07) is 4.08. The highest BCUT2D eigenvalue weighted by atomic mass is 16.3. The van der Waals surface area contributed by atoms with E-state index in [0.29, 0.717) is 0 Å². The molecule has 0 aliphatic heterocycles. The van der Waals surface area contributed by atoms with Crippen molar-refractivity contribution in [1.82, 2.24) is 9.38 Å². The minimum atomic E-state index is 0.0328. The third-order valence-corrected chi connectivity index (χ3v) is 2.17. The van der Waals surface area contributed by atoms with Crippen molar-refractivity contribution in [2.75, 3.05) is 0 Å². The highest BCUT2D eigenvalue weighted by Crippen LogP contribution is 2.12. The molecule has 0 saturated heterocycles. The number of pyridine rings is 1. The number of fused-ring (bicyclic) bond motifs is 1. The molecule has 0 aromatic carbocycles. The second kappa shape index (κ2) is 2.85. The van der Waals surface area contributed by atoms with Crippen molar-refractivity contribution in [3.63, 3.8) is 0 Å². The molecular formula is C10H12N2O. The molecule has 2 heterocycles. The summed E-state index contributed by atoms with van der Waals surface area (Å²) in [6.07, 6.45) is 1.71. The Labute approximate surface area is 76.7 Å². The number of imidazole rings is 1. The van der Waals surface area contributed by atoms with Crippen LogP contribution >= 0.6 is 0 Å². The Morgan fingerprint density at radius 1 is 1.38 bits per heavy atom. The molecule has 2 rings (SSSR count). The fourth-order valence-corrected chi connectivity index (χ4v) is 1.66. The van der Waals surface area contributed by atoms with Crippen molar-refractivity contribution in [2.24, 2.45) is 0 Å². The summed E-state index contributed by atoms with van der Waals surface area (Å²) in [4.78, 5) is 4.21. The van der Waals surface area contributed by atoms with Crippen LogP contribution in [0.5, 0.6) is 0 Å². The summed E-state index contributed by atoms with van der Waals surface area (Å²) in [7, 11) is 0. The van der Waals surface area contributed by atoms with Crippen molar-refractivity contribution in [1.29, 1.82) is 0 Å². The summed E-state index contributed by atoms with van der Waals surface area (Å²) in [5.74, 6) is 0. The molecule has 0 fully saturated rings. The Bertz CT molecular complexity index is 445. The molecule has 1 N–H and O–H groups in total. The Balaban J connectivity index is 2.82. The average molecular weight is 176 g/mol. The molecule has 0 aliphatic rings. The number of nitrogens with zero attached hydrogens (tertiary/aromatic N) is 2. The first-order valence-corrected chi connectivity index (χ1v) is 4.27. The van der Waals surface area contributed by atoms with Crippen LogP contribution in [0.2, 0.25) is 0 Å². The summed E-state index contributed by atoms with van der Waals surface area (Å²) in [5, 5.41) is 9.06. The van der Waals surface area contributed by atoms with Gasteiger partial charge in [0.2, 0.25) is 0 Å². The van der Waals surface area contributed by atoms with E-state index in [9.17, 15) is 0 Å². The van der Waals surface area contributed by atoms with Gasteiger partial charge in [-0.15, -0.1) is 0 Å². The maximum Gasteiger partial charge on any atom is 0.137 e. The summed E-state index contributed by atoms with van der Waals surface area (Å²) < 4.78 is 1.97. The van der Waals surface area contributed by atoms with Crippen LogP contribution in [-0.4, -0.2) is 14.5 Å². The number of aromatic nitrogens is 2. The smallest absolute Gasteiger partial charge is 0.137 e. The van der Waals surface area contributed by atoms with Crippen LogP contribution in [0.3, 0.4) is 0 Å². The fraction of sp³-hybridized carbons (Fsp3) is 0.300. The second-order valence-corrected chi connectivity index (χ2v) is 3.28. The number of aryl methyl sites for hydroxylation is 2. The average Bonchev–Trinajstić information content (AvgIpc) is 2.47. The zero-order valence-corrected chi connectivity index (χ0v) is 7.78. The largest absolute Gasteiger partial charge is 0.390 e. The summed E-state index contributed by atoms with van der Waals surface area (Å²) in [6.45, 7) is 4.09. The Morgan fingerprint density at radius 2 is 2.15 bits per heavy atom. The Hall–Kier alpha value is -1.35. The van der Waals surface area contributed by atoms with Crippen molar-refractivity contribution < 1.29 is 5.11 Å². The molecule has 3 nitrogen and oxygen atoms in total. The van der Waals surface area contributed by atoms with Crippen LogP contribution in [0, 0.1) is 13.8 Å². The second-order valence-electron chi connectivity index (χ2n) is 3.28. The van der Waals surface area contributed by atoms with E-state index in [1.807, 2.05) is 24.3 Å².